The van der Waals surface area contributed by atoms with Crippen molar-refractivity contribution in [1.29, 1.82) is 0 Å². The van der Waals surface area contributed by atoms with Gasteiger partial charge in [-0.05, 0) is 50.0 Å². The standard InChI is InChI=1S/C16H33N3/c1-16(2,3)15-7-5-14(6-8-15)13-17-19-11-9-18(4)10-12-19/h14-15,17H,5-13H2,1-4H3. The van der Waals surface area contributed by atoms with Crippen molar-refractivity contribution in [3.8, 4) is 0 Å². The van der Waals surface area contributed by atoms with E-state index in [1.165, 1.54) is 58.4 Å². The Morgan fingerprint density at radius 2 is 1.53 bits per heavy atom. The third kappa shape index (κ3) is 4.73. The monoisotopic (exact) mass is 267 g/mol. The van der Waals surface area contributed by atoms with Crippen LogP contribution < -0.4 is 5.43 Å². The molecule has 1 heterocycles. The molecule has 0 bridgehead atoms. The van der Waals surface area contributed by atoms with Crippen molar-refractivity contribution in [2.75, 3.05) is 39.8 Å². The molecule has 0 spiro atoms. The van der Waals surface area contributed by atoms with Gasteiger partial charge in [0.1, 0.15) is 0 Å². The van der Waals surface area contributed by atoms with Crippen LogP contribution in [0, 0.1) is 17.3 Å². The predicted molar refractivity (Wildman–Crippen MR) is 82.0 cm³/mol. The molecule has 2 fully saturated rings. The quantitative estimate of drug-likeness (QED) is 0.848. The minimum atomic E-state index is 0.510. The summed E-state index contributed by atoms with van der Waals surface area (Å²) in [6.07, 6.45) is 5.70. The lowest BCUT2D eigenvalue weighted by Gasteiger charge is -2.38. The summed E-state index contributed by atoms with van der Waals surface area (Å²) in [6, 6.07) is 0. The summed E-state index contributed by atoms with van der Waals surface area (Å²) in [5.41, 5.74) is 4.18. The van der Waals surface area contributed by atoms with Crippen molar-refractivity contribution in [2.24, 2.45) is 17.3 Å². The van der Waals surface area contributed by atoms with Crippen molar-refractivity contribution < 1.29 is 0 Å². The molecule has 1 aliphatic heterocycles. The molecule has 0 aromatic heterocycles. The lowest BCUT2D eigenvalue weighted by atomic mass is 9.70. The second-order valence-corrected chi connectivity index (χ2v) is 7.74. The van der Waals surface area contributed by atoms with Gasteiger partial charge < -0.3 is 4.90 Å². The Morgan fingerprint density at radius 3 is 2.05 bits per heavy atom. The van der Waals surface area contributed by atoms with Crippen LogP contribution in [0.15, 0.2) is 0 Å². The summed E-state index contributed by atoms with van der Waals surface area (Å²) in [6.45, 7) is 13.2. The van der Waals surface area contributed by atoms with E-state index in [4.69, 9.17) is 0 Å². The molecule has 0 radical (unpaired) electrons. The molecule has 0 aromatic carbocycles. The molecular weight excluding hydrogens is 234 g/mol. The van der Waals surface area contributed by atoms with Gasteiger partial charge in [0.05, 0.1) is 0 Å². The first-order chi connectivity index (χ1) is 8.95. The molecule has 1 saturated heterocycles. The highest BCUT2D eigenvalue weighted by atomic mass is 15.5. The lowest BCUT2D eigenvalue weighted by molar-refractivity contribution is 0.0847. The van der Waals surface area contributed by atoms with Gasteiger partial charge in [0.25, 0.3) is 0 Å². The zero-order valence-electron chi connectivity index (χ0n) is 13.4. The fourth-order valence-corrected chi connectivity index (χ4v) is 3.46. The van der Waals surface area contributed by atoms with Crippen LogP contribution in [0.25, 0.3) is 0 Å². The fraction of sp³-hybridized carbons (Fsp3) is 1.00. The van der Waals surface area contributed by atoms with Crippen LogP contribution in [0.3, 0.4) is 0 Å². The first-order valence-corrected chi connectivity index (χ1v) is 8.12. The van der Waals surface area contributed by atoms with Crippen molar-refractivity contribution >= 4 is 0 Å². The normalized spacial score (nSPS) is 31.6. The van der Waals surface area contributed by atoms with E-state index in [2.05, 4.69) is 43.2 Å². The first-order valence-electron chi connectivity index (χ1n) is 8.12. The molecule has 0 amide bonds. The van der Waals surface area contributed by atoms with Gasteiger partial charge in [-0.3, -0.25) is 5.43 Å². The Kier molecular flexibility index (Phi) is 5.27. The third-order valence-electron chi connectivity index (χ3n) is 5.18. The second kappa shape index (κ2) is 6.55. The summed E-state index contributed by atoms with van der Waals surface area (Å²) in [5, 5.41) is 2.43. The third-order valence-corrected chi connectivity index (χ3v) is 5.18. The van der Waals surface area contributed by atoms with Crippen LogP contribution in [-0.4, -0.2) is 49.7 Å². The average Bonchev–Trinajstić information content (AvgIpc) is 2.37. The van der Waals surface area contributed by atoms with Gasteiger partial charge in [0, 0.05) is 32.7 Å². The summed E-state index contributed by atoms with van der Waals surface area (Å²) in [4.78, 5) is 2.41. The number of hydrogen-bond acceptors (Lipinski definition) is 3. The van der Waals surface area contributed by atoms with Crippen LogP contribution in [0.5, 0.6) is 0 Å². The van der Waals surface area contributed by atoms with Gasteiger partial charge in [0.2, 0.25) is 0 Å². The van der Waals surface area contributed by atoms with Gasteiger partial charge in [-0.25, -0.2) is 5.01 Å². The lowest BCUT2D eigenvalue weighted by Crippen LogP contribution is -2.51. The molecule has 0 atom stereocenters. The number of nitrogens with zero attached hydrogens (tertiary/aromatic N) is 2. The van der Waals surface area contributed by atoms with Crippen molar-refractivity contribution in [1.82, 2.24) is 15.3 Å². The van der Waals surface area contributed by atoms with E-state index < -0.39 is 0 Å². The Balaban J connectivity index is 1.63. The van der Waals surface area contributed by atoms with E-state index in [9.17, 15) is 0 Å². The SMILES string of the molecule is CN1CCN(NCC2CCC(C(C)(C)C)CC2)CC1. The van der Waals surface area contributed by atoms with Gasteiger partial charge in [0.15, 0.2) is 0 Å². The van der Waals surface area contributed by atoms with E-state index in [0.717, 1.165) is 11.8 Å². The summed E-state index contributed by atoms with van der Waals surface area (Å²) in [7, 11) is 2.21. The maximum atomic E-state index is 3.67. The van der Waals surface area contributed by atoms with E-state index in [0.29, 0.717) is 5.41 Å². The first kappa shape index (κ1) is 15.3. The predicted octanol–water partition coefficient (Wildman–Crippen LogP) is 2.59. The summed E-state index contributed by atoms with van der Waals surface area (Å²) >= 11 is 0. The largest absolute Gasteiger partial charge is 0.304 e. The molecular formula is C16H33N3. The van der Waals surface area contributed by atoms with Crippen LogP contribution in [0.4, 0.5) is 0 Å². The topological polar surface area (TPSA) is 18.5 Å². The Labute approximate surface area is 119 Å². The maximum Gasteiger partial charge on any atom is 0.0259 e. The molecule has 0 aromatic rings. The minimum absolute atomic E-state index is 0.510. The van der Waals surface area contributed by atoms with Crippen LogP contribution in [-0.2, 0) is 0 Å². The Morgan fingerprint density at radius 1 is 0.947 bits per heavy atom. The summed E-state index contributed by atoms with van der Waals surface area (Å²) in [5.74, 6) is 1.84. The molecule has 19 heavy (non-hydrogen) atoms. The highest BCUT2D eigenvalue weighted by Gasteiger charge is 2.29. The second-order valence-electron chi connectivity index (χ2n) is 7.74. The minimum Gasteiger partial charge on any atom is -0.304 e. The number of rotatable bonds is 3. The zero-order chi connectivity index (χ0) is 13.9. The van der Waals surface area contributed by atoms with Gasteiger partial charge >= 0.3 is 0 Å². The zero-order valence-corrected chi connectivity index (χ0v) is 13.4. The fourth-order valence-electron chi connectivity index (χ4n) is 3.46. The molecule has 1 saturated carbocycles. The van der Waals surface area contributed by atoms with E-state index in [1.54, 1.807) is 0 Å². The molecule has 112 valence electrons. The maximum absolute atomic E-state index is 3.67. The molecule has 2 rings (SSSR count). The number of likely N-dealkylation sites (N-methyl/N-ethyl adjacent to an activating group) is 1. The van der Waals surface area contributed by atoms with E-state index >= 15 is 0 Å². The molecule has 3 heteroatoms. The average molecular weight is 267 g/mol. The molecule has 1 N–H and O–H groups in total. The number of nitrogens with one attached hydrogen (secondary N) is 1. The van der Waals surface area contributed by atoms with E-state index in [-0.39, 0.29) is 0 Å². The van der Waals surface area contributed by atoms with Gasteiger partial charge in [-0.1, -0.05) is 20.8 Å². The smallest absolute Gasteiger partial charge is 0.0259 e. The van der Waals surface area contributed by atoms with Crippen LogP contribution in [0.1, 0.15) is 46.5 Å². The number of hydrogen-bond donors (Lipinski definition) is 1. The van der Waals surface area contributed by atoms with Gasteiger partial charge in [-0.2, -0.15) is 0 Å². The van der Waals surface area contributed by atoms with Gasteiger partial charge in [-0.15, -0.1) is 0 Å². The molecule has 2 aliphatic rings. The van der Waals surface area contributed by atoms with Crippen molar-refractivity contribution in [3.05, 3.63) is 0 Å². The number of hydrazine groups is 1. The number of piperazine rings is 1. The Hall–Kier alpha value is -0.120. The highest BCUT2D eigenvalue weighted by molar-refractivity contribution is 4.81. The van der Waals surface area contributed by atoms with Crippen molar-refractivity contribution in [3.63, 3.8) is 0 Å². The van der Waals surface area contributed by atoms with Crippen molar-refractivity contribution in [2.45, 2.75) is 46.5 Å². The highest BCUT2D eigenvalue weighted by Crippen LogP contribution is 2.39. The van der Waals surface area contributed by atoms with Crippen LogP contribution in [0.2, 0.25) is 0 Å². The molecule has 1 aliphatic carbocycles. The van der Waals surface area contributed by atoms with Crippen LogP contribution >= 0.6 is 0 Å². The molecule has 3 nitrogen and oxygen atoms in total. The molecule has 0 unspecified atom stereocenters. The summed E-state index contributed by atoms with van der Waals surface area (Å²) < 4.78 is 0. The van der Waals surface area contributed by atoms with E-state index in [1.807, 2.05) is 0 Å². The Bertz CT molecular complexity index is 256.